The molecule has 0 bridgehead atoms. The third kappa shape index (κ3) is 3.61. The topological polar surface area (TPSA) is 64.6 Å². The fourth-order valence-electron chi connectivity index (χ4n) is 1.67. The molecule has 19 heavy (non-hydrogen) atoms. The Morgan fingerprint density at radius 2 is 1.89 bits per heavy atom. The minimum absolute atomic E-state index is 0.206. The standard InChI is InChI=1S/C13H19NO4S/c1-10(2)9-14-19(15,16)11-4-5-12-13(8-11)18-7-3-6-17-12/h4-5,8,10,14H,3,6-7,9H2,1-2H3. The van der Waals surface area contributed by atoms with Gasteiger partial charge in [-0.3, -0.25) is 0 Å². The first-order chi connectivity index (χ1) is 8.99. The molecule has 1 aromatic rings. The molecular weight excluding hydrogens is 266 g/mol. The minimum atomic E-state index is -3.49. The average molecular weight is 285 g/mol. The van der Waals surface area contributed by atoms with E-state index in [2.05, 4.69) is 4.72 Å². The second-order valence-corrected chi connectivity index (χ2v) is 6.67. The van der Waals surface area contributed by atoms with Crippen LogP contribution in [0.3, 0.4) is 0 Å². The van der Waals surface area contributed by atoms with Crippen LogP contribution in [-0.4, -0.2) is 28.2 Å². The zero-order chi connectivity index (χ0) is 13.9. The molecule has 0 spiro atoms. The normalized spacial score (nSPS) is 15.3. The van der Waals surface area contributed by atoms with Gasteiger partial charge in [0.15, 0.2) is 11.5 Å². The van der Waals surface area contributed by atoms with Crippen molar-refractivity contribution in [3.8, 4) is 11.5 Å². The molecule has 1 aliphatic rings. The van der Waals surface area contributed by atoms with E-state index >= 15 is 0 Å². The summed E-state index contributed by atoms with van der Waals surface area (Å²) in [5.74, 6) is 1.35. The van der Waals surface area contributed by atoms with Crippen LogP contribution in [0.2, 0.25) is 0 Å². The Morgan fingerprint density at radius 3 is 2.58 bits per heavy atom. The van der Waals surface area contributed by atoms with Gasteiger partial charge in [-0.15, -0.1) is 0 Å². The Bertz CT molecular complexity index is 540. The summed E-state index contributed by atoms with van der Waals surface area (Å²) in [6.07, 6.45) is 0.794. The van der Waals surface area contributed by atoms with Gasteiger partial charge in [-0.2, -0.15) is 0 Å². The lowest BCUT2D eigenvalue weighted by molar-refractivity contribution is 0.297. The first-order valence-electron chi connectivity index (χ1n) is 6.38. The Morgan fingerprint density at radius 1 is 1.21 bits per heavy atom. The van der Waals surface area contributed by atoms with Gasteiger partial charge in [0.25, 0.3) is 0 Å². The third-order valence-electron chi connectivity index (χ3n) is 2.71. The molecule has 6 heteroatoms. The van der Waals surface area contributed by atoms with Gasteiger partial charge in [-0.1, -0.05) is 13.8 Å². The molecule has 1 N–H and O–H groups in total. The van der Waals surface area contributed by atoms with E-state index in [9.17, 15) is 8.42 Å². The van der Waals surface area contributed by atoms with Gasteiger partial charge in [0.05, 0.1) is 18.1 Å². The summed E-state index contributed by atoms with van der Waals surface area (Å²) in [4.78, 5) is 0.206. The maximum atomic E-state index is 12.1. The van der Waals surface area contributed by atoms with Crippen molar-refractivity contribution in [2.45, 2.75) is 25.2 Å². The zero-order valence-corrected chi connectivity index (χ0v) is 12.0. The fourth-order valence-corrected chi connectivity index (χ4v) is 2.90. The van der Waals surface area contributed by atoms with E-state index in [4.69, 9.17) is 9.47 Å². The molecule has 1 heterocycles. The maximum absolute atomic E-state index is 12.1. The summed E-state index contributed by atoms with van der Waals surface area (Å²) in [6.45, 7) is 5.45. The van der Waals surface area contributed by atoms with Gasteiger partial charge >= 0.3 is 0 Å². The van der Waals surface area contributed by atoms with Gasteiger partial charge in [0.2, 0.25) is 10.0 Å². The van der Waals surface area contributed by atoms with E-state index in [1.807, 2.05) is 13.8 Å². The molecule has 106 valence electrons. The van der Waals surface area contributed by atoms with Crippen molar-refractivity contribution in [2.75, 3.05) is 19.8 Å². The molecule has 0 aliphatic carbocycles. The van der Waals surface area contributed by atoms with Crippen LogP contribution in [0, 0.1) is 5.92 Å². The molecular formula is C13H19NO4S. The van der Waals surface area contributed by atoms with Crippen molar-refractivity contribution in [1.82, 2.24) is 4.72 Å². The van der Waals surface area contributed by atoms with Crippen molar-refractivity contribution in [3.63, 3.8) is 0 Å². The quantitative estimate of drug-likeness (QED) is 0.916. The lowest BCUT2D eigenvalue weighted by Crippen LogP contribution is -2.27. The molecule has 5 nitrogen and oxygen atoms in total. The second kappa shape index (κ2) is 5.79. The summed E-state index contributed by atoms with van der Waals surface area (Å²) in [6, 6.07) is 4.70. The number of nitrogens with one attached hydrogen (secondary N) is 1. The number of hydrogen-bond acceptors (Lipinski definition) is 4. The van der Waals surface area contributed by atoms with Crippen LogP contribution in [0.1, 0.15) is 20.3 Å². The summed E-state index contributed by atoms with van der Waals surface area (Å²) < 4.78 is 37.7. The van der Waals surface area contributed by atoms with Crippen LogP contribution in [0.5, 0.6) is 11.5 Å². The van der Waals surface area contributed by atoms with Crippen LogP contribution in [0.25, 0.3) is 0 Å². The molecule has 0 radical (unpaired) electrons. The Labute approximate surface area is 114 Å². The largest absolute Gasteiger partial charge is 0.490 e. The highest BCUT2D eigenvalue weighted by Crippen LogP contribution is 2.31. The van der Waals surface area contributed by atoms with Crippen molar-refractivity contribution >= 4 is 10.0 Å². The predicted octanol–water partition coefficient (Wildman–Crippen LogP) is 1.78. The van der Waals surface area contributed by atoms with Gasteiger partial charge in [-0.05, 0) is 18.1 Å². The van der Waals surface area contributed by atoms with E-state index in [1.54, 1.807) is 6.07 Å². The van der Waals surface area contributed by atoms with Crippen LogP contribution in [-0.2, 0) is 10.0 Å². The summed E-state index contributed by atoms with van der Waals surface area (Å²) in [7, 11) is -3.49. The lowest BCUT2D eigenvalue weighted by Gasteiger charge is -2.11. The predicted molar refractivity (Wildman–Crippen MR) is 72.1 cm³/mol. The van der Waals surface area contributed by atoms with Crippen molar-refractivity contribution < 1.29 is 17.9 Å². The second-order valence-electron chi connectivity index (χ2n) is 4.90. The Kier molecular flexibility index (Phi) is 4.31. The van der Waals surface area contributed by atoms with Gasteiger partial charge < -0.3 is 9.47 Å². The highest BCUT2D eigenvalue weighted by Gasteiger charge is 2.18. The number of sulfonamides is 1. The van der Waals surface area contributed by atoms with Gasteiger partial charge in [-0.25, -0.2) is 13.1 Å². The van der Waals surface area contributed by atoms with E-state index in [1.165, 1.54) is 12.1 Å². The first kappa shape index (κ1) is 14.1. The highest BCUT2D eigenvalue weighted by atomic mass is 32.2. The molecule has 0 amide bonds. The smallest absolute Gasteiger partial charge is 0.240 e. The zero-order valence-electron chi connectivity index (χ0n) is 11.2. The van der Waals surface area contributed by atoms with Crippen molar-refractivity contribution in [3.05, 3.63) is 18.2 Å². The highest BCUT2D eigenvalue weighted by molar-refractivity contribution is 7.89. The van der Waals surface area contributed by atoms with Gasteiger partial charge in [0, 0.05) is 19.0 Å². The van der Waals surface area contributed by atoms with Crippen LogP contribution >= 0.6 is 0 Å². The molecule has 0 atom stereocenters. The number of hydrogen-bond donors (Lipinski definition) is 1. The average Bonchev–Trinajstić information content (AvgIpc) is 2.60. The molecule has 1 aromatic carbocycles. The number of rotatable bonds is 4. The van der Waals surface area contributed by atoms with Crippen LogP contribution in [0.4, 0.5) is 0 Å². The van der Waals surface area contributed by atoms with Crippen molar-refractivity contribution in [1.29, 1.82) is 0 Å². The van der Waals surface area contributed by atoms with E-state index in [0.29, 0.717) is 31.3 Å². The fraction of sp³-hybridized carbons (Fsp3) is 0.538. The molecule has 0 fully saturated rings. The Balaban J connectivity index is 2.23. The molecule has 0 saturated carbocycles. The number of ether oxygens (including phenoxy) is 2. The molecule has 0 saturated heterocycles. The third-order valence-corrected chi connectivity index (χ3v) is 4.13. The summed E-state index contributed by atoms with van der Waals surface area (Å²) in [5, 5.41) is 0. The van der Waals surface area contributed by atoms with Crippen LogP contribution in [0.15, 0.2) is 23.1 Å². The molecule has 1 aliphatic heterocycles. The maximum Gasteiger partial charge on any atom is 0.240 e. The minimum Gasteiger partial charge on any atom is -0.490 e. The summed E-state index contributed by atoms with van der Waals surface area (Å²) >= 11 is 0. The SMILES string of the molecule is CC(C)CNS(=O)(=O)c1ccc2c(c1)OCCCO2. The monoisotopic (exact) mass is 285 g/mol. The first-order valence-corrected chi connectivity index (χ1v) is 7.86. The molecule has 0 aromatic heterocycles. The molecule has 2 rings (SSSR count). The number of fused-ring (bicyclic) bond motifs is 1. The lowest BCUT2D eigenvalue weighted by atomic mass is 10.2. The van der Waals surface area contributed by atoms with Crippen molar-refractivity contribution in [2.24, 2.45) is 5.92 Å². The Hall–Kier alpha value is -1.27. The molecule has 0 unspecified atom stereocenters. The van der Waals surface area contributed by atoms with E-state index in [-0.39, 0.29) is 10.8 Å². The van der Waals surface area contributed by atoms with Crippen LogP contribution < -0.4 is 14.2 Å². The van der Waals surface area contributed by atoms with E-state index in [0.717, 1.165) is 6.42 Å². The summed E-state index contributed by atoms with van der Waals surface area (Å²) in [5.41, 5.74) is 0. The van der Waals surface area contributed by atoms with E-state index < -0.39 is 10.0 Å². The number of benzene rings is 1. The van der Waals surface area contributed by atoms with Gasteiger partial charge in [0.1, 0.15) is 0 Å².